The van der Waals surface area contributed by atoms with Gasteiger partial charge in [0.2, 0.25) is 5.91 Å². The molecule has 0 saturated heterocycles. The largest absolute Gasteiger partial charge is 0.388 e. The van der Waals surface area contributed by atoms with Gasteiger partial charge in [-0.1, -0.05) is 65.9 Å². The molecule has 0 aliphatic heterocycles. The minimum absolute atomic E-state index is 0.0668. The van der Waals surface area contributed by atoms with Crippen molar-refractivity contribution in [3.63, 3.8) is 0 Å². The molecule has 2 N–H and O–H groups in total. The smallest absolute Gasteiger partial charge is 0.220 e. The van der Waals surface area contributed by atoms with E-state index in [0.717, 1.165) is 27.9 Å². The molecule has 0 spiro atoms. The molecular weight excluding hydrogens is 396 g/mol. The second-order valence-corrected chi connectivity index (χ2v) is 8.26. The van der Waals surface area contributed by atoms with Crippen LogP contribution in [-0.2, 0) is 17.8 Å². The Bertz CT molecular complexity index is 931. The highest BCUT2D eigenvalue weighted by Crippen LogP contribution is 2.20. The second kappa shape index (κ2) is 10.9. The number of hydrogen-bond acceptors (Lipinski definition) is 5. The normalized spacial score (nSPS) is 15.7. The number of nitrogens with zero attached hydrogens (tertiary/aromatic N) is 3. The lowest BCUT2D eigenvalue weighted by atomic mass is 10.0. The fourth-order valence-corrected chi connectivity index (χ4v) is 3.82. The third kappa shape index (κ3) is 6.18. The lowest BCUT2D eigenvalue weighted by molar-refractivity contribution is -0.120. The van der Waals surface area contributed by atoms with Crippen LogP contribution in [0.25, 0.3) is 0 Å². The standard InChI is InChI=1S/C23H28N4O2S/c1-3-14-30-23-26-25-21(27(23)16-18-10-8-17(2)9-11-18)12-13-22(29)24-15-19-6-4-5-7-20(19)28/h3-6,8-11,20,28H,1,7,12-16H2,2H3,(H,24,29). The van der Waals surface area contributed by atoms with E-state index in [1.54, 1.807) is 11.8 Å². The summed E-state index contributed by atoms with van der Waals surface area (Å²) in [4.78, 5) is 12.3. The van der Waals surface area contributed by atoms with Crippen LogP contribution in [0.4, 0.5) is 0 Å². The average Bonchev–Trinajstić information content (AvgIpc) is 3.13. The summed E-state index contributed by atoms with van der Waals surface area (Å²) in [5.74, 6) is 1.47. The first-order chi connectivity index (χ1) is 14.6. The Kier molecular flexibility index (Phi) is 8.04. The number of aliphatic hydroxyl groups is 1. The Labute approximate surface area is 181 Å². The maximum Gasteiger partial charge on any atom is 0.220 e. The van der Waals surface area contributed by atoms with Crippen LogP contribution in [0, 0.1) is 6.92 Å². The number of benzene rings is 1. The van der Waals surface area contributed by atoms with Gasteiger partial charge in [0.1, 0.15) is 5.82 Å². The number of carbonyl (C=O) groups is 1. The minimum atomic E-state index is -0.516. The number of hydrogen-bond donors (Lipinski definition) is 2. The van der Waals surface area contributed by atoms with E-state index < -0.39 is 6.10 Å². The highest BCUT2D eigenvalue weighted by molar-refractivity contribution is 7.99. The van der Waals surface area contributed by atoms with Crippen molar-refractivity contribution in [1.82, 2.24) is 20.1 Å². The summed E-state index contributed by atoms with van der Waals surface area (Å²) < 4.78 is 2.07. The van der Waals surface area contributed by atoms with Crippen LogP contribution in [0.5, 0.6) is 0 Å². The maximum absolute atomic E-state index is 12.3. The molecule has 0 saturated carbocycles. The summed E-state index contributed by atoms with van der Waals surface area (Å²) in [6.45, 7) is 6.86. The van der Waals surface area contributed by atoms with Gasteiger partial charge < -0.3 is 15.0 Å². The summed E-state index contributed by atoms with van der Waals surface area (Å²) in [7, 11) is 0. The van der Waals surface area contributed by atoms with Gasteiger partial charge in [-0.2, -0.15) is 0 Å². The van der Waals surface area contributed by atoms with Crippen molar-refractivity contribution < 1.29 is 9.90 Å². The molecule has 30 heavy (non-hydrogen) atoms. The van der Waals surface area contributed by atoms with Gasteiger partial charge in [0.05, 0.1) is 12.6 Å². The Hall–Kier alpha value is -2.64. The molecule has 1 unspecified atom stereocenters. The van der Waals surface area contributed by atoms with Crippen LogP contribution in [0.15, 0.2) is 65.9 Å². The molecule has 1 aromatic carbocycles. The maximum atomic E-state index is 12.3. The number of thioether (sulfide) groups is 1. The number of allylic oxidation sites excluding steroid dienone is 2. The third-order valence-electron chi connectivity index (χ3n) is 4.88. The summed E-state index contributed by atoms with van der Waals surface area (Å²) in [5.41, 5.74) is 3.21. The van der Waals surface area contributed by atoms with Crippen molar-refractivity contribution in [3.05, 3.63) is 77.7 Å². The van der Waals surface area contributed by atoms with E-state index in [1.165, 1.54) is 5.56 Å². The van der Waals surface area contributed by atoms with E-state index in [0.29, 0.717) is 32.4 Å². The molecule has 158 valence electrons. The molecule has 6 nitrogen and oxygen atoms in total. The summed E-state index contributed by atoms with van der Waals surface area (Å²) in [6, 6.07) is 8.39. The van der Waals surface area contributed by atoms with E-state index in [2.05, 4.69) is 57.8 Å². The van der Waals surface area contributed by atoms with Gasteiger partial charge in [0.25, 0.3) is 0 Å². The van der Waals surface area contributed by atoms with Crippen LogP contribution >= 0.6 is 11.8 Å². The van der Waals surface area contributed by atoms with Gasteiger partial charge in [-0.3, -0.25) is 4.79 Å². The van der Waals surface area contributed by atoms with E-state index in [-0.39, 0.29) is 5.91 Å². The first-order valence-corrected chi connectivity index (χ1v) is 11.1. The monoisotopic (exact) mass is 424 g/mol. The molecule has 2 aromatic rings. The number of nitrogens with one attached hydrogen (secondary N) is 1. The zero-order valence-corrected chi connectivity index (χ0v) is 18.1. The molecule has 1 heterocycles. The van der Waals surface area contributed by atoms with Gasteiger partial charge in [0, 0.05) is 25.1 Å². The number of amides is 1. The Balaban J connectivity index is 1.62. The number of aromatic nitrogens is 3. The predicted octanol–water partition coefficient (Wildman–Crippen LogP) is 3.21. The Morgan fingerprint density at radius 2 is 2.17 bits per heavy atom. The van der Waals surface area contributed by atoms with Gasteiger partial charge in [-0.05, 0) is 24.5 Å². The quantitative estimate of drug-likeness (QED) is 0.452. The fourth-order valence-electron chi connectivity index (χ4n) is 3.13. The van der Waals surface area contributed by atoms with Crippen molar-refractivity contribution in [3.8, 4) is 0 Å². The molecule has 0 bridgehead atoms. The van der Waals surface area contributed by atoms with Crippen LogP contribution in [0.2, 0.25) is 0 Å². The van der Waals surface area contributed by atoms with Crippen molar-refractivity contribution >= 4 is 17.7 Å². The van der Waals surface area contributed by atoms with Crippen LogP contribution in [-0.4, -0.2) is 44.2 Å². The molecule has 1 aliphatic carbocycles. The average molecular weight is 425 g/mol. The number of aryl methyl sites for hydroxylation is 2. The van der Waals surface area contributed by atoms with E-state index in [9.17, 15) is 9.90 Å². The zero-order valence-electron chi connectivity index (χ0n) is 17.3. The van der Waals surface area contributed by atoms with Crippen LogP contribution in [0.3, 0.4) is 0 Å². The van der Waals surface area contributed by atoms with Crippen molar-refractivity contribution in [2.24, 2.45) is 0 Å². The SMILES string of the molecule is C=CCSc1nnc(CCC(=O)NCC2=CC=CCC2O)n1Cc1ccc(C)cc1. The fraction of sp³-hybridized carbons (Fsp3) is 0.348. The van der Waals surface area contributed by atoms with Crippen LogP contribution < -0.4 is 5.32 Å². The van der Waals surface area contributed by atoms with Gasteiger partial charge in [-0.15, -0.1) is 16.8 Å². The second-order valence-electron chi connectivity index (χ2n) is 7.27. The molecule has 1 aliphatic rings. The van der Waals surface area contributed by atoms with Crippen molar-refractivity contribution in [1.29, 1.82) is 0 Å². The van der Waals surface area contributed by atoms with E-state index >= 15 is 0 Å². The Morgan fingerprint density at radius 3 is 2.90 bits per heavy atom. The molecule has 1 atom stereocenters. The van der Waals surface area contributed by atoms with Gasteiger partial charge >= 0.3 is 0 Å². The zero-order chi connectivity index (χ0) is 21.3. The predicted molar refractivity (Wildman–Crippen MR) is 120 cm³/mol. The van der Waals surface area contributed by atoms with Crippen LogP contribution in [0.1, 0.15) is 29.8 Å². The topological polar surface area (TPSA) is 80.0 Å². The highest BCUT2D eigenvalue weighted by Gasteiger charge is 2.16. The molecule has 1 aromatic heterocycles. The molecule has 3 rings (SSSR count). The minimum Gasteiger partial charge on any atom is -0.388 e. The lowest BCUT2D eigenvalue weighted by Gasteiger charge is -2.16. The first-order valence-electron chi connectivity index (χ1n) is 10.1. The molecule has 1 amide bonds. The molecule has 7 heteroatoms. The summed E-state index contributed by atoms with van der Waals surface area (Å²) in [5, 5.41) is 22.3. The molecule has 0 radical (unpaired) electrons. The first kappa shape index (κ1) is 22.1. The molecule has 0 fully saturated rings. The molecular formula is C23H28N4O2S. The number of rotatable bonds is 10. The summed E-state index contributed by atoms with van der Waals surface area (Å²) >= 11 is 1.58. The third-order valence-corrected chi connectivity index (χ3v) is 5.85. The van der Waals surface area contributed by atoms with Gasteiger partial charge in [-0.25, -0.2) is 0 Å². The number of carbonyl (C=O) groups excluding carboxylic acids is 1. The lowest BCUT2D eigenvalue weighted by Crippen LogP contribution is -2.30. The van der Waals surface area contributed by atoms with Crippen molar-refractivity contribution in [2.45, 2.75) is 44.0 Å². The highest BCUT2D eigenvalue weighted by atomic mass is 32.2. The van der Waals surface area contributed by atoms with Crippen molar-refractivity contribution in [2.75, 3.05) is 12.3 Å². The van der Waals surface area contributed by atoms with E-state index in [1.807, 2.05) is 24.3 Å². The Morgan fingerprint density at radius 1 is 1.37 bits per heavy atom. The summed E-state index contributed by atoms with van der Waals surface area (Å²) in [6.07, 6.45) is 8.41. The number of aliphatic hydroxyl groups excluding tert-OH is 1. The van der Waals surface area contributed by atoms with Gasteiger partial charge in [0.15, 0.2) is 5.16 Å². The van der Waals surface area contributed by atoms with E-state index in [4.69, 9.17) is 0 Å².